The van der Waals surface area contributed by atoms with E-state index in [9.17, 15) is 44.1 Å². The molecule has 0 aliphatic rings. The summed E-state index contributed by atoms with van der Waals surface area (Å²) in [6.45, 7) is -0.978. The fourth-order valence-electron chi connectivity index (χ4n) is 3.25. The standard InChI is InChI=1S/C23H32N4O11/c1-25-23(37)16(9-17(31)26-13(21(24)35)7-8-18(32)33)38-20(19(34)15(30)11-29)14(10-28)27-22(36)12-5-3-2-4-6-12/h2-6,10,13-16,19-20,29-30,34H,7-9,11H2,1H3,(H2,24,35)(H,25,37)(H,26,31)(H,27,36)(H,32,33)/t13-,14+,15-,16?,19-,20-/m1/s1. The molecule has 0 radical (unpaired) electrons. The second kappa shape index (κ2) is 16.0. The molecule has 4 amide bonds. The van der Waals surface area contributed by atoms with Crippen LogP contribution in [0.15, 0.2) is 30.3 Å². The monoisotopic (exact) mass is 540 g/mol. The number of primary amides is 1. The number of amides is 4. The molecule has 0 aliphatic heterocycles. The largest absolute Gasteiger partial charge is 0.481 e. The van der Waals surface area contributed by atoms with Crippen molar-refractivity contribution >= 4 is 35.9 Å². The number of aliphatic hydroxyl groups excluding tert-OH is 3. The highest BCUT2D eigenvalue weighted by Gasteiger charge is 2.39. The van der Waals surface area contributed by atoms with Crippen LogP contribution in [0.5, 0.6) is 0 Å². The van der Waals surface area contributed by atoms with Crippen LogP contribution in [-0.2, 0) is 28.7 Å². The first kappa shape index (κ1) is 32.1. The molecule has 0 heterocycles. The van der Waals surface area contributed by atoms with E-state index in [0.29, 0.717) is 0 Å². The summed E-state index contributed by atoms with van der Waals surface area (Å²) in [5.74, 6) is -4.93. The van der Waals surface area contributed by atoms with Gasteiger partial charge in [0.2, 0.25) is 17.7 Å². The first-order valence-electron chi connectivity index (χ1n) is 11.4. The van der Waals surface area contributed by atoms with Crippen molar-refractivity contribution < 1.29 is 53.9 Å². The summed E-state index contributed by atoms with van der Waals surface area (Å²) in [4.78, 5) is 71.9. The number of nitrogens with two attached hydrogens (primary N) is 1. The third-order valence-corrected chi connectivity index (χ3v) is 5.31. The third kappa shape index (κ3) is 10.2. The minimum atomic E-state index is -2.02. The van der Waals surface area contributed by atoms with Crippen LogP contribution in [-0.4, -0.2) is 106 Å². The normalized spacial score (nSPS) is 15.6. The van der Waals surface area contributed by atoms with Gasteiger partial charge in [0.05, 0.1) is 13.0 Å². The summed E-state index contributed by atoms with van der Waals surface area (Å²) < 4.78 is 5.54. The minimum absolute atomic E-state index is 0.136. The smallest absolute Gasteiger partial charge is 0.303 e. The maximum absolute atomic E-state index is 12.6. The van der Waals surface area contributed by atoms with E-state index in [1.54, 1.807) is 18.2 Å². The minimum Gasteiger partial charge on any atom is -0.481 e. The SMILES string of the molecule is CNC(=O)C(CC(=O)N[C@H](CCC(=O)O)C(N)=O)O[C@@H]([C@H](O)[C@H](O)CO)[C@H](C=O)NC(=O)c1ccccc1. The van der Waals surface area contributed by atoms with Gasteiger partial charge in [0.25, 0.3) is 5.91 Å². The molecule has 0 fully saturated rings. The number of carbonyl (C=O) groups excluding carboxylic acids is 5. The molecule has 0 saturated heterocycles. The number of carboxylic acid groups (broad SMARTS) is 1. The van der Waals surface area contributed by atoms with Gasteiger partial charge in [-0.3, -0.25) is 24.0 Å². The Morgan fingerprint density at radius 2 is 1.71 bits per heavy atom. The van der Waals surface area contributed by atoms with Gasteiger partial charge in [-0.25, -0.2) is 0 Å². The molecule has 210 valence electrons. The second-order valence-electron chi connectivity index (χ2n) is 8.10. The van der Waals surface area contributed by atoms with Crippen LogP contribution in [0.2, 0.25) is 0 Å². The molecule has 1 rings (SSSR count). The summed E-state index contributed by atoms with van der Waals surface area (Å²) in [6, 6.07) is 4.58. The predicted octanol–water partition coefficient (Wildman–Crippen LogP) is -3.58. The zero-order valence-electron chi connectivity index (χ0n) is 20.5. The number of rotatable bonds is 17. The van der Waals surface area contributed by atoms with Gasteiger partial charge in [0.15, 0.2) is 0 Å². The number of hydrogen-bond donors (Lipinski definition) is 8. The zero-order chi connectivity index (χ0) is 28.8. The van der Waals surface area contributed by atoms with Crippen LogP contribution in [0.4, 0.5) is 0 Å². The molecule has 15 nitrogen and oxygen atoms in total. The average Bonchev–Trinajstić information content (AvgIpc) is 2.90. The van der Waals surface area contributed by atoms with E-state index in [0.717, 1.165) is 0 Å². The Labute approximate surface area is 217 Å². The van der Waals surface area contributed by atoms with Crippen molar-refractivity contribution in [3.8, 4) is 0 Å². The number of hydrogen-bond acceptors (Lipinski definition) is 10. The Morgan fingerprint density at radius 3 is 2.21 bits per heavy atom. The molecule has 1 aromatic rings. The van der Waals surface area contributed by atoms with Gasteiger partial charge < -0.3 is 51.6 Å². The quantitative estimate of drug-likeness (QED) is 0.0896. The number of carbonyl (C=O) groups is 6. The van der Waals surface area contributed by atoms with Crippen molar-refractivity contribution in [2.75, 3.05) is 13.7 Å². The summed E-state index contributed by atoms with van der Waals surface area (Å²) in [6.07, 6.45) is -8.90. The first-order chi connectivity index (χ1) is 17.9. The van der Waals surface area contributed by atoms with Crippen molar-refractivity contribution in [2.45, 2.75) is 55.8 Å². The van der Waals surface area contributed by atoms with Crippen LogP contribution >= 0.6 is 0 Å². The molecule has 0 saturated carbocycles. The molecule has 0 aromatic heterocycles. The fourth-order valence-corrected chi connectivity index (χ4v) is 3.25. The molecule has 38 heavy (non-hydrogen) atoms. The fraction of sp³-hybridized carbons (Fsp3) is 0.478. The van der Waals surface area contributed by atoms with Crippen molar-refractivity contribution in [3.05, 3.63) is 35.9 Å². The summed E-state index contributed by atoms with van der Waals surface area (Å²) >= 11 is 0. The molecular formula is C23H32N4O11. The molecule has 15 heteroatoms. The van der Waals surface area contributed by atoms with Gasteiger partial charge in [-0.05, 0) is 18.6 Å². The van der Waals surface area contributed by atoms with E-state index in [1.165, 1.54) is 19.2 Å². The number of aliphatic hydroxyl groups is 3. The van der Waals surface area contributed by atoms with Crippen LogP contribution in [0.3, 0.4) is 0 Å². The molecule has 1 aromatic carbocycles. The van der Waals surface area contributed by atoms with Crippen molar-refractivity contribution in [1.82, 2.24) is 16.0 Å². The molecule has 6 atom stereocenters. The average molecular weight is 541 g/mol. The molecule has 0 spiro atoms. The highest BCUT2D eigenvalue weighted by atomic mass is 16.5. The van der Waals surface area contributed by atoms with Crippen LogP contribution < -0.4 is 21.7 Å². The number of carboxylic acids is 1. The number of nitrogens with one attached hydrogen (secondary N) is 3. The van der Waals surface area contributed by atoms with Crippen LogP contribution in [0.1, 0.15) is 29.6 Å². The van der Waals surface area contributed by atoms with E-state index in [1.807, 2.05) is 0 Å². The highest BCUT2D eigenvalue weighted by Crippen LogP contribution is 2.15. The third-order valence-electron chi connectivity index (χ3n) is 5.31. The van der Waals surface area contributed by atoms with Gasteiger partial charge in [-0.2, -0.15) is 0 Å². The Hall–Kier alpha value is -3.92. The van der Waals surface area contributed by atoms with Gasteiger partial charge in [-0.15, -0.1) is 0 Å². The number of ether oxygens (including phenoxy) is 1. The van der Waals surface area contributed by atoms with Crippen LogP contribution in [0, 0.1) is 0 Å². The lowest BCUT2D eigenvalue weighted by molar-refractivity contribution is -0.160. The Kier molecular flexibility index (Phi) is 13.5. The molecule has 0 bridgehead atoms. The lowest BCUT2D eigenvalue weighted by atomic mass is 10.0. The molecule has 0 aliphatic carbocycles. The molecular weight excluding hydrogens is 508 g/mol. The van der Waals surface area contributed by atoms with Gasteiger partial charge in [0, 0.05) is 19.0 Å². The number of aldehydes is 1. The van der Waals surface area contributed by atoms with Crippen molar-refractivity contribution in [1.29, 1.82) is 0 Å². The maximum Gasteiger partial charge on any atom is 0.303 e. The van der Waals surface area contributed by atoms with Crippen molar-refractivity contribution in [2.24, 2.45) is 5.73 Å². The Bertz CT molecular complexity index is 975. The topological polar surface area (TPSA) is 255 Å². The summed E-state index contributed by atoms with van der Waals surface area (Å²) in [7, 11) is 1.19. The Balaban J connectivity index is 3.18. The lowest BCUT2D eigenvalue weighted by Crippen LogP contribution is -2.57. The Morgan fingerprint density at radius 1 is 1.08 bits per heavy atom. The second-order valence-corrected chi connectivity index (χ2v) is 8.10. The van der Waals surface area contributed by atoms with Gasteiger partial charge in [-0.1, -0.05) is 18.2 Å². The van der Waals surface area contributed by atoms with Gasteiger partial charge >= 0.3 is 5.97 Å². The lowest BCUT2D eigenvalue weighted by Gasteiger charge is -2.33. The van der Waals surface area contributed by atoms with E-state index in [2.05, 4.69) is 16.0 Å². The van der Waals surface area contributed by atoms with E-state index < -0.39 is 85.5 Å². The van der Waals surface area contributed by atoms with Crippen LogP contribution in [0.25, 0.3) is 0 Å². The number of aliphatic carboxylic acids is 1. The number of likely N-dealkylation sites (N-methyl/N-ethyl adjacent to an activating group) is 1. The van der Waals surface area contributed by atoms with E-state index in [4.69, 9.17) is 15.6 Å². The van der Waals surface area contributed by atoms with E-state index >= 15 is 0 Å². The summed E-state index contributed by atoms with van der Waals surface area (Å²) in [5, 5.41) is 45.3. The van der Waals surface area contributed by atoms with Crippen molar-refractivity contribution in [3.63, 3.8) is 0 Å². The number of benzene rings is 1. The van der Waals surface area contributed by atoms with E-state index in [-0.39, 0.29) is 18.3 Å². The zero-order valence-corrected chi connectivity index (χ0v) is 20.5. The summed E-state index contributed by atoms with van der Waals surface area (Å²) in [5.41, 5.74) is 5.32. The molecule has 9 N–H and O–H groups in total. The maximum atomic E-state index is 12.6. The first-order valence-corrected chi connectivity index (χ1v) is 11.4. The predicted molar refractivity (Wildman–Crippen MR) is 128 cm³/mol. The van der Waals surface area contributed by atoms with Gasteiger partial charge in [0.1, 0.15) is 42.8 Å². The molecule has 1 unspecified atom stereocenters. The highest BCUT2D eigenvalue weighted by molar-refractivity contribution is 5.95.